The van der Waals surface area contributed by atoms with Gasteiger partial charge in [0, 0.05) is 34.2 Å². The summed E-state index contributed by atoms with van der Waals surface area (Å²) in [5, 5.41) is 5.89. The zero-order valence-corrected chi connectivity index (χ0v) is 19.8. The lowest BCUT2D eigenvalue weighted by atomic mass is 10.0. The predicted molar refractivity (Wildman–Crippen MR) is 150 cm³/mol. The molecule has 1 N–H and O–H groups in total. The molecule has 0 aliphatic heterocycles. The standard InChI is InChI=1S/C32H21N5/c1-2-10-21(11-3-1)37-27-17-9-8-16-26(27)28(32(37)36-19-18-33-20-36)31-34-29-24-14-6-4-12-22(24)23-13-5-7-15-25(23)30(29)35-31/h1-20H,(H,34,35). The van der Waals surface area contributed by atoms with Crippen molar-refractivity contribution in [1.82, 2.24) is 24.1 Å². The Morgan fingerprint density at radius 2 is 1.27 bits per heavy atom. The number of aromatic nitrogens is 5. The lowest BCUT2D eigenvalue weighted by Gasteiger charge is -2.12. The third kappa shape index (κ3) is 2.85. The highest BCUT2D eigenvalue weighted by molar-refractivity contribution is 6.23. The number of imidazole rings is 2. The normalized spacial score (nSPS) is 11.8. The van der Waals surface area contributed by atoms with Gasteiger partial charge in [-0.3, -0.25) is 9.13 Å². The average molecular weight is 476 g/mol. The molecule has 0 atom stereocenters. The second kappa shape index (κ2) is 7.67. The molecule has 3 aromatic heterocycles. The van der Waals surface area contributed by atoms with E-state index < -0.39 is 0 Å². The smallest absolute Gasteiger partial charge is 0.142 e. The van der Waals surface area contributed by atoms with Crippen LogP contribution in [0, 0.1) is 0 Å². The van der Waals surface area contributed by atoms with Gasteiger partial charge in [-0.05, 0) is 29.0 Å². The Hall–Kier alpha value is -5.16. The van der Waals surface area contributed by atoms with Gasteiger partial charge in [-0.25, -0.2) is 9.97 Å². The summed E-state index contributed by atoms with van der Waals surface area (Å²) in [4.78, 5) is 13.4. The molecule has 5 nitrogen and oxygen atoms in total. The predicted octanol–water partition coefficient (Wildman–Crippen LogP) is 7.67. The Labute approximate surface area is 212 Å². The number of hydrogen-bond donors (Lipinski definition) is 1. The first-order chi connectivity index (χ1) is 18.4. The summed E-state index contributed by atoms with van der Waals surface area (Å²) < 4.78 is 4.36. The maximum absolute atomic E-state index is 5.29. The van der Waals surface area contributed by atoms with E-state index in [0.29, 0.717) is 0 Å². The van der Waals surface area contributed by atoms with Crippen LogP contribution in [-0.2, 0) is 0 Å². The van der Waals surface area contributed by atoms with Gasteiger partial charge in [-0.1, -0.05) is 84.9 Å². The molecule has 0 fully saturated rings. The van der Waals surface area contributed by atoms with Crippen LogP contribution in [0.1, 0.15) is 0 Å². The summed E-state index contributed by atoms with van der Waals surface area (Å²) in [6.07, 6.45) is 5.66. The first-order valence-corrected chi connectivity index (χ1v) is 12.4. The van der Waals surface area contributed by atoms with Crippen molar-refractivity contribution in [2.75, 3.05) is 0 Å². The molecule has 174 valence electrons. The van der Waals surface area contributed by atoms with Gasteiger partial charge in [-0.15, -0.1) is 0 Å². The number of hydrogen-bond acceptors (Lipinski definition) is 2. The minimum atomic E-state index is 0.839. The molecule has 3 heterocycles. The van der Waals surface area contributed by atoms with E-state index in [-0.39, 0.29) is 0 Å². The summed E-state index contributed by atoms with van der Waals surface area (Å²) >= 11 is 0. The topological polar surface area (TPSA) is 51.4 Å². The Balaban J connectivity index is 1.55. The molecule has 0 amide bonds. The average Bonchev–Trinajstić information content (AvgIpc) is 3.71. The summed E-state index contributed by atoms with van der Waals surface area (Å²) in [6, 6.07) is 36.1. The van der Waals surface area contributed by atoms with Gasteiger partial charge in [-0.2, -0.15) is 0 Å². The fourth-order valence-corrected chi connectivity index (χ4v) is 5.67. The van der Waals surface area contributed by atoms with E-state index in [9.17, 15) is 0 Å². The molecule has 0 saturated heterocycles. The first-order valence-electron chi connectivity index (χ1n) is 12.4. The molecular weight excluding hydrogens is 454 g/mol. The highest BCUT2D eigenvalue weighted by Gasteiger charge is 2.24. The highest BCUT2D eigenvalue weighted by atomic mass is 15.2. The van der Waals surface area contributed by atoms with Crippen molar-refractivity contribution in [3.63, 3.8) is 0 Å². The maximum atomic E-state index is 5.29. The molecule has 0 spiro atoms. The van der Waals surface area contributed by atoms with Crippen molar-refractivity contribution in [3.8, 4) is 22.9 Å². The number of aromatic amines is 1. The summed E-state index contributed by atoms with van der Waals surface area (Å²) in [5.74, 6) is 1.84. The van der Waals surface area contributed by atoms with E-state index in [1.807, 2.05) is 24.8 Å². The van der Waals surface area contributed by atoms with Crippen LogP contribution in [-0.4, -0.2) is 24.1 Å². The summed E-state index contributed by atoms with van der Waals surface area (Å²) in [6.45, 7) is 0. The number of H-pyrrole nitrogens is 1. The van der Waals surface area contributed by atoms with Gasteiger partial charge in [0.25, 0.3) is 0 Å². The number of para-hydroxylation sites is 2. The molecule has 0 unspecified atom stereocenters. The second-order valence-corrected chi connectivity index (χ2v) is 9.26. The Morgan fingerprint density at radius 1 is 0.622 bits per heavy atom. The van der Waals surface area contributed by atoms with Crippen molar-refractivity contribution >= 4 is 43.5 Å². The summed E-state index contributed by atoms with van der Waals surface area (Å²) in [7, 11) is 0. The van der Waals surface area contributed by atoms with Crippen LogP contribution < -0.4 is 0 Å². The number of benzene rings is 5. The highest BCUT2D eigenvalue weighted by Crippen LogP contribution is 2.41. The van der Waals surface area contributed by atoms with Crippen LogP contribution in [0.3, 0.4) is 0 Å². The Bertz CT molecular complexity index is 2010. The fraction of sp³-hybridized carbons (Fsp3) is 0. The lowest BCUT2D eigenvalue weighted by molar-refractivity contribution is 0.943. The second-order valence-electron chi connectivity index (χ2n) is 9.26. The SMILES string of the molecule is c1ccc(-n2c(-n3ccnc3)c(-c3nc4c5ccccc5c5ccccc5c4[nH]3)c3ccccc32)cc1. The van der Waals surface area contributed by atoms with Crippen LogP contribution in [0.4, 0.5) is 0 Å². The van der Waals surface area contributed by atoms with E-state index in [0.717, 1.165) is 50.2 Å². The van der Waals surface area contributed by atoms with Crippen molar-refractivity contribution in [3.05, 3.63) is 122 Å². The van der Waals surface area contributed by atoms with Crippen molar-refractivity contribution in [1.29, 1.82) is 0 Å². The monoisotopic (exact) mass is 475 g/mol. The number of rotatable bonds is 3. The molecule has 0 aliphatic rings. The number of nitrogens with one attached hydrogen (secondary N) is 1. The lowest BCUT2D eigenvalue weighted by Crippen LogP contribution is -2.03. The third-order valence-electron chi connectivity index (χ3n) is 7.22. The van der Waals surface area contributed by atoms with Gasteiger partial charge in [0.2, 0.25) is 0 Å². The van der Waals surface area contributed by atoms with E-state index in [1.54, 1.807) is 0 Å². The van der Waals surface area contributed by atoms with Gasteiger partial charge in [0.1, 0.15) is 18.0 Å². The Morgan fingerprint density at radius 3 is 2.03 bits per heavy atom. The summed E-state index contributed by atoms with van der Waals surface area (Å²) in [5.41, 5.74) is 5.28. The molecule has 37 heavy (non-hydrogen) atoms. The largest absolute Gasteiger partial charge is 0.337 e. The Kier molecular flexibility index (Phi) is 4.16. The zero-order chi connectivity index (χ0) is 24.3. The van der Waals surface area contributed by atoms with Crippen LogP contribution in [0.5, 0.6) is 0 Å². The molecule has 5 heteroatoms. The molecule has 0 saturated carbocycles. The number of fused-ring (bicyclic) bond motifs is 7. The minimum Gasteiger partial charge on any atom is -0.337 e. The van der Waals surface area contributed by atoms with E-state index in [2.05, 4.69) is 116 Å². The van der Waals surface area contributed by atoms with Crippen molar-refractivity contribution in [2.24, 2.45) is 0 Å². The minimum absolute atomic E-state index is 0.839. The van der Waals surface area contributed by atoms with Crippen LogP contribution in [0.25, 0.3) is 66.4 Å². The zero-order valence-electron chi connectivity index (χ0n) is 19.8. The fourth-order valence-electron chi connectivity index (χ4n) is 5.67. The van der Waals surface area contributed by atoms with E-state index in [4.69, 9.17) is 4.98 Å². The molecular formula is C32H21N5. The maximum Gasteiger partial charge on any atom is 0.142 e. The van der Waals surface area contributed by atoms with Crippen molar-refractivity contribution in [2.45, 2.75) is 0 Å². The van der Waals surface area contributed by atoms with E-state index in [1.165, 1.54) is 16.2 Å². The van der Waals surface area contributed by atoms with Crippen LogP contribution in [0.15, 0.2) is 122 Å². The number of nitrogens with zero attached hydrogens (tertiary/aromatic N) is 4. The van der Waals surface area contributed by atoms with Crippen LogP contribution >= 0.6 is 0 Å². The van der Waals surface area contributed by atoms with Crippen molar-refractivity contribution < 1.29 is 0 Å². The molecule has 0 bridgehead atoms. The third-order valence-corrected chi connectivity index (χ3v) is 7.22. The molecule has 8 rings (SSSR count). The quantitative estimate of drug-likeness (QED) is 0.267. The van der Waals surface area contributed by atoms with Gasteiger partial charge in [0.05, 0.1) is 22.1 Å². The van der Waals surface area contributed by atoms with Crippen LogP contribution in [0.2, 0.25) is 0 Å². The molecule has 0 radical (unpaired) electrons. The first kappa shape index (κ1) is 20.1. The molecule has 5 aromatic carbocycles. The van der Waals surface area contributed by atoms with Gasteiger partial charge < -0.3 is 4.98 Å². The van der Waals surface area contributed by atoms with E-state index >= 15 is 0 Å². The van der Waals surface area contributed by atoms with Gasteiger partial charge in [0.15, 0.2) is 0 Å². The molecule has 8 aromatic rings. The van der Waals surface area contributed by atoms with Gasteiger partial charge >= 0.3 is 0 Å². The molecule has 0 aliphatic carbocycles.